The number of hydrogen-bond donors (Lipinski definition) is 1. The van der Waals surface area contributed by atoms with E-state index in [1.807, 2.05) is 12.1 Å². The molecule has 0 saturated heterocycles. The Labute approximate surface area is 140 Å². The van der Waals surface area contributed by atoms with Crippen LogP contribution in [0.15, 0.2) is 24.3 Å². The maximum absolute atomic E-state index is 12.0. The Kier molecular flexibility index (Phi) is 5.40. The van der Waals surface area contributed by atoms with Gasteiger partial charge in [-0.15, -0.1) is 5.10 Å². The van der Waals surface area contributed by atoms with Gasteiger partial charge in [0, 0.05) is 19.7 Å². The number of carbonyl (C=O) groups excluding carboxylic acids is 1. The standard InChI is InChI=1S/C16H22N4O4/c1-16(2,3)24-15(21)17-14-13(18-19-20(14)4)11-6-8-12(9-7-11)23-10-22-5/h6-9H,10H2,1-5H3,(H,17,21). The number of carbonyl (C=O) groups is 1. The Balaban J connectivity index is 2.18. The van der Waals surface area contributed by atoms with Gasteiger partial charge < -0.3 is 14.2 Å². The van der Waals surface area contributed by atoms with E-state index in [-0.39, 0.29) is 6.79 Å². The molecular formula is C16H22N4O4. The lowest BCUT2D eigenvalue weighted by atomic mass is 10.1. The topological polar surface area (TPSA) is 87.5 Å². The number of aromatic nitrogens is 3. The number of rotatable bonds is 5. The first kappa shape index (κ1) is 17.7. The fourth-order valence-electron chi connectivity index (χ4n) is 1.93. The predicted octanol–water partition coefficient (Wildman–Crippen LogP) is 2.81. The molecule has 0 bridgehead atoms. The third kappa shape index (κ3) is 4.69. The maximum atomic E-state index is 12.0. The van der Waals surface area contributed by atoms with E-state index in [9.17, 15) is 4.79 Å². The van der Waals surface area contributed by atoms with E-state index in [1.54, 1.807) is 47.1 Å². The fraction of sp³-hybridized carbons (Fsp3) is 0.438. The largest absolute Gasteiger partial charge is 0.468 e. The molecule has 0 atom stereocenters. The van der Waals surface area contributed by atoms with Gasteiger partial charge in [-0.1, -0.05) is 5.21 Å². The first-order valence-electron chi connectivity index (χ1n) is 7.42. The molecule has 0 aliphatic heterocycles. The number of nitrogens with one attached hydrogen (secondary N) is 1. The van der Waals surface area contributed by atoms with Crippen molar-refractivity contribution in [1.29, 1.82) is 0 Å². The number of methoxy groups -OCH3 is 1. The number of anilines is 1. The Morgan fingerprint density at radius 1 is 1.25 bits per heavy atom. The Hall–Kier alpha value is -2.61. The van der Waals surface area contributed by atoms with Crippen LogP contribution in [-0.4, -0.2) is 40.6 Å². The van der Waals surface area contributed by atoms with Crippen molar-refractivity contribution in [3.8, 4) is 17.0 Å². The molecule has 1 amide bonds. The van der Waals surface area contributed by atoms with E-state index < -0.39 is 11.7 Å². The smallest absolute Gasteiger partial charge is 0.413 e. The summed E-state index contributed by atoms with van der Waals surface area (Å²) in [5.41, 5.74) is 0.747. The summed E-state index contributed by atoms with van der Waals surface area (Å²) >= 11 is 0. The second kappa shape index (κ2) is 7.31. The van der Waals surface area contributed by atoms with Gasteiger partial charge in [0.15, 0.2) is 12.6 Å². The summed E-state index contributed by atoms with van der Waals surface area (Å²) in [7, 11) is 3.25. The van der Waals surface area contributed by atoms with Gasteiger partial charge in [0.25, 0.3) is 0 Å². The van der Waals surface area contributed by atoms with Gasteiger partial charge in [-0.25, -0.2) is 9.48 Å². The average molecular weight is 334 g/mol. The molecular weight excluding hydrogens is 312 g/mol. The van der Waals surface area contributed by atoms with Crippen molar-refractivity contribution < 1.29 is 19.0 Å². The summed E-state index contributed by atoms with van der Waals surface area (Å²) in [6, 6.07) is 7.24. The highest BCUT2D eigenvalue weighted by Crippen LogP contribution is 2.27. The van der Waals surface area contributed by atoms with E-state index in [0.717, 1.165) is 5.56 Å². The number of amides is 1. The Morgan fingerprint density at radius 2 is 1.92 bits per heavy atom. The van der Waals surface area contributed by atoms with Crippen LogP contribution in [0.3, 0.4) is 0 Å². The lowest BCUT2D eigenvalue weighted by Crippen LogP contribution is -2.28. The molecule has 1 heterocycles. The first-order valence-corrected chi connectivity index (χ1v) is 7.42. The van der Waals surface area contributed by atoms with E-state index in [2.05, 4.69) is 15.6 Å². The van der Waals surface area contributed by atoms with E-state index >= 15 is 0 Å². The monoisotopic (exact) mass is 334 g/mol. The average Bonchev–Trinajstić information content (AvgIpc) is 2.85. The van der Waals surface area contributed by atoms with Crippen LogP contribution in [-0.2, 0) is 16.5 Å². The lowest BCUT2D eigenvalue weighted by molar-refractivity contribution is 0.0511. The van der Waals surface area contributed by atoms with Gasteiger partial charge >= 0.3 is 6.09 Å². The Bertz CT molecular complexity index is 689. The van der Waals surface area contributed by atoms with Crippen LogP contribution in [0.4, 0.5) is 10.6 Å². The maximum Gasteiger partial charge on any atom is 0.413 e. The summed E-state index contributed by atoms with van der Waals surface area (Å²) in [6.07, 6.45) is -0.561. The molecule has 8 heteroatoms. The lowest BCUT2D eigenvalue weighted by Gasteiger charge is -2.19. The molecule has 0 saturated carbocycles. The Morgan fingerprint density at radius 3 is 2.50 bits per heavy atom. The molecule has 0 aliphatic rings. The van der Waals surface area contributed by atoms with Crippen molar-refractivity contribution in [1.82, 2.24) is 15.0 Å². The quantitative estimate of drug-likeness (QED) is 0.846. The molecule has 2 aromatic rings. The van der Waals surface area contributed by atoms with E-state index in [1.165, 1.54) is 4.68 Å². The number of aryl methyl sites for hydroxylation is 1. The van der Waals surface area contributed by atoms with Crippen LogP contribution < -0.4 is 10.1 Å². The summed E-state index contributed by atoms with van der Waals surface area (Å²) < 4.78 is 17.0. The highest BCUT2D eigenvalue weighted by Gasteiger charge is 2.20. The molecule has 0 fully saturated rings. The van der Waals surface area contributed by atoms with Gasteiger partial charge in [-0.2, -0.15) is 0 Å². The van der Waals surface area contributed by atoms with Crippen molar-refractivity contribution in [3.05, 3.63) is 24.3 Å². The molecule has 0 spiro atoms. The zero-order valence-corrected chi connectivity index (χ0v) is 14.5. The SMILES string of the molecule is COCOc1ccc(-c2nnn(C)c2NC(=O)OC(C)(C)C)cc1. The zero-order chi connectivity index (χ0) is 17.7. The minimum absolute atomic E-state index is 0.177. The number of ether oxygens (including phenoxy) is 3. The highest BCUT2D eigenvalue weighted by atomic mass is 16.7. The van der Waals surface area contributed by atoms with Crippen molar-refractivity contribution in [3.63, 3.8) is 0 Å². The van der Waals surface area contributed by atoms with E-state index in [0.29, 0.717) is 17.3 Å². The predicted molar refractivity (Wildman–Crippen MR) is 88.8 cm³/mol. The molecule has 0 unspecified atom stereocenters. The molecule has 1 aromatic heterocycles. The number of nitrogens with zero attached hydrogens (tertiary/aromatic N) is 3. The van der Waals surface area contributed by atoms with Crippen LogP contribution in [0, 0.1) is 0 Å². The molecule has 1 aromatic carbocycles. The van der Waals surface area contributed by atoms with Crippen LogP contribution in [0.25, 0.3) is 11.3 Å². The zero-order valence-electron chi connectivity index (χ0n) is 14.5. The fourth-order valence-corrected chi connectivity index (χ4v) is 1.93. The van der Waals surface area contributed by atoms with Gasteiger partial charge in [-0.3, -0.25) is 5.32 Å². The molecule has 24 heavy (non-hydrogen) atoms. The van der Waals surface area contributed by atoms with E-state index in [4.69, 9.17) is 14.2 Å². The van der Waals surface area contributed by atoms with Crippen LogP contribution in [0.1, 0.15) is 20.8 Å². The molecule has 2 rings (SSSR count). The first-order chi connectivity index (χ1) is 11.3. The summed E-state index contributed by atoms with van der Waals surface area (Å²) in [5, 5.41) is 10.8. The van der Waals surface area contributed by atoms with Crippen LogP contribution in [0.5, 0.6) is 5.75 Å². The third-order valence-corrected chi connectivity index (χ3v) is 2.92. The number of benzene rings is 1. The van der Waals surface area contributed by atoms with Gasteiger partial charge in [0.1, 0.15) is 17.0 Å². The molecule has 1 N–H and O–H groups in total. The summed E-state index contributed by atoms with van der Waals surface area (Å²) in [4.78, 5) is 12.0. The van der Waals surface area contributed by atoms with Gasteiger partial charge in [-0.05, 0) is 45.0 Å². The summed E-state index contributed by atoms with van der Waals surface area (Å²) in [6.45, 7) is 5.57. The van der Waals surface area contributed by atoms with Crippen LogP contribution in [0.2, 0.25) is 0 Å². The van der Waals surface area contributed by atoms with Crippen molar-refractivity contribution in [2.24, 2.45) is 7.05 Å². The highest BCUT2D eigenvalue weighted by molar-refractivity contribution is 5.88. The third-order valence-electron chi connectivity index (χ3n) is 2.92. The molecule has 0 radical (unpaired) electrons. The minimum atomic E-state index is -0.587. The van der Waals surface area contributed by atoms with Gasteiger partial charge in [0.2, 0.25) is 0 Å². The van der Waals surface area contributed by atoms with Crippen LogP contribution >= 0.6 is 0 Å². The second-order valence-corrected chi connectivity index (χ2v) is 6.11. The van der Waals surface area contributed by atoms with Crippen molar-refractivity contribution in [2.45, 2.75) is 26.4 Å². The summed E-state index contributed by atoms with van der Waals surface area (Å²) in [5.74, 6) is 1.13. The second-order valence-electron chi connectivity index (χ2n) is 6.11. The molecule has 0 aliphatic carbocycles. The normalized spacial score (nSPS) is 11.2. The molecule has 130 valence electrons. The van der Waals surface area contributed by atoms with Crippen molar-refractivity contribution >= 4 is 11.9 Å². The molecule has 8 nitrogen and oxygen atoms in total. The minimum Gasteiger partial charge on any atom is -0.468 e. The van der Waals surface area contributed by atoms with Crippen molar-refractivity contribution in [2.75, 3.05) is 19.2 Å². The number of hydrogen-bond acceptors (Lipinski definition) is 6. The van der Waals surface area contributed by atoms with Gasteiger partial charge in [0.05, 0.1) is 0 Å².